The molecule has 2 N–H and O–H groups in total. The number of hydrogen-bond donors (Lipinski definition) is 2. The van der Waals surface area contributed by atoms with E-state index in [-0.39, 0.29) is 0 Å². The van der Waals surface area contributed by atoms with Crippen LogP contribution in [0.1, 0.15) is 22.6 Å². The molecule has 1 unspecified atom stereocenters. The molecule has 0 aromatic heterocycles. The van der Waals surface area contributed by atoms with Crippen LogP contribution in [-0.2, 0) is 4.79 Å². The molecule has 1 aromatic rings. The minimum Gasteiger partial charge on any atom is -0.496 e. The van der Waals surface area contributed by atoms with Gasteiger partial charge in [0.15, 0.2) is 0 Å². The van der Waals surface area contributed by atoms with Crippen molar-refractivity contribution in [2.45, 2.75) is 19.8 Å². The summed E-state index contributed by atoms with van der Waals surface area (Å²) in [6.45, 7) is 3.29. The molecule has 1 rings (SSSR count). The van der Waals surface area contributed by atoms with Crippen molar-refractivity contribution in [3.63, 3.8) is 0 Å². The SMILES string of the molecule is COc1cc(C)cc(C)c1C(CO)C(=O)O. The summed E-state index contributed by atoms with van der Waals surface area (Å²) >= 11 is 0. The van der Waals surface area contributed by atoms with Gasteiger partial charge in [0.05, 0.1) is 13.7 Å². The van der Waals surface area contributed by atoms with Crippen molar-refractivity contribution in [1.29, 1.82) is 0 Å². The lowest BCUT2D eigenvalue weighted by molar-refractivity contribution is -0.139. The van der Waals surface area contributed by atoms with Crippen LogP contribution in [-0.4, -0.2) is 29.9 Å². The fraction of sp³-hybridized carbons (Fsp3) is 0.417. The topological polar surface area (TPSA) is 66.8 Å². The summed E-state index contributed by atoms with van der Waals surface area (Å²) in [5.41, 5.74) is 2.36. The fourth-order valence-corrected chi connectivity index (χ4v) is 1.85. The van der Waals surface area contributed by atoms with Crippen LogP contribution in [0.4, 0.5) is 0 Å². The predicted molar refractivity (Wildman–Crippen MR) is 59.9 cm³/mol. The molecule has 0 radical (unpaired) electrons. The van der Waals surface area contributed by atoms with Gasteiger partial charge >= 0.3 is 5.97 Å². The molecule has 1 atom stereocenters. The Labute approximate surface area is 94.5 Å². The van der Waals surface area contributed by atoms with Crippen molar-refractivity contribution >= 4 is 5.97 Å². The normalized spacial score (nSPS) is 12.2. The molecule has 0 aliphatic carbocycles. The second-order valence-corrected chi connectivity index (χ2v) is 3.77. The molecule has 1 aromatic carbocycles. The summed E-state index contributed by atoms with van der Waals surface area (Å²) in [6, 6.07) is 3.65. The molecule has 0 amide bonds. The van der Waals surface area contributed by atoms with Gasteiger partial charge in [0.2, 0.25) is 0 Å². The first-order valence-corrected chi connectivity index (χ1v) is 5.00. The number of carboxylic acid groups (broad SMARTS) is 1. The maximum Gasteiger partial charge on any atom is 0.313 e. The maximum atomic E-state index is 11.0. The lowest BCUT2D eigenvalue weighted by atomic mass is 9.93. The molecule has 4 heteroatoms. The quantitative estimate of drug-likeness (QED) is 0.812. The van der Waals surface area contributed by atoms with E-state index in [0.29, 0.717) is 11.3 Å². The molecular weight excluding hydrogens is 208 g/mol. The highest BCUT2D eigenvalue weighted by Gasteiger charge is 2.24. The first-order chi connectivity index (χ1) is 7.51. The highest BCUT2D eigenvalue weighted by atomic mass is 16.5. The van der Waals surface area contributed by atoms with Gasteiger partial charge in [-0.1, -0.05) is 6.07 Å². The Hall–Kier alpha value is -1.55. The number of ether oxygens (including phenoxy) is 1. The van der Waals surface area contributed by atoms with E-state index in [1.54, 1.807) is 6.07 Å². The molecule has 0 heterocycles. The Morgan fingerprint density at radius 3 is 2.50 bits per heavy atom. The van der Waals surface area contributed by atoms with Crippen molar-refractivity contribution in [2.24, 2.45) is 0 Å². The van der Waals surface area contributed by atoms with E-state index < -0.39 is 18.5 Å². The third kappa shape index (κ3) is 2.33. The second kappa shape index (κ2) is 4.99. The monoisotopic (exact) mass is 224 g/mol. The Balaban J connectivity index is 3.35. The van der Waals surface area contributed by atoms with Gasteiger partial charge in [-0.2, -0.15) is 0 Å². The van der Waals surface area contributed by atoms with Crippen molar-refractivity contribution < 1.29 is 19.7 Å². The first-order valence-electron chi connectivity index (χ1n) is 5.00. The average molecular weight is 224 g/mol. The van der Waals surface area contributed by atoms with Crippen LogP contribution in [0.5, 0.6) is 5.75 Å². The minimum atomic E-state index is -1.05. The van der Waals surface area contributed by atoms with Gasteiger partial charge in [-0.15, -0.1) is 0 Å². The van der Waals surface area contributed by atoms with Gasteiger partial charge in [0, 0.05) is 5.56 Å². The fourth-order valence-electron chi connectivity index (χ4n) is 1.85. The van der Waals surface area contributed by atoms with Crippen molar-refractivity contribution in [2.75, 3.05) is 13.7 Å². The lowest BCUT2D eigenvalue weighted by Gasteiger charge is -2.17. The van der Waals surface area contributed by atoms with E-state index in [0.717, 1.165) is 11.1 Å². The molecule has 88 valence electrons. The standard InChI is InChI=1S/C12H16O4/c1-7-4-8(2)11(10(5-7)16-3)9(6-13)12(14)15/h4-5,9,13H,6H2,1-3H3,(H,14,15). The number of rotatable bonds is 4. The zero-order valence-electron chi connectivity index (χ0n) is 9.65. The molecule has 4 nitrogen and oxygen atoms in total. The number of aliphatic hydroxyl groups is 1. The number of benzene rings is 1. The largest absolute Gasteiger partial charge is 0.496 e. The number of carboxylic acids is 1. The number of hydrogen-bond acceptors (Lipinski definition) is 3. The Morgan fingerprint density at radius 1 is 1.44 bits per heavy atom. The van der Waals surface area contributed by atoms with Crippen LogP contribution in [0, 0.1) is 13.8 Å². The second-order valence-electron chi connectivity index (χ2n) is 3.77. The van der Waals surface area contributed by atoms with E-state index in [2.05, 4.69) is 0 Å². The van der Waals surface area contributed by atoms with E-state index in [1.165, 1.54) is 7.11 Å². The molecule has 0 spiro atoms. The van der Waals surface area contributed by atoms with E-state index >= 15 is 0 Å². The summed E-state index contributed by atoms with van der Waals surface area (Å²) in [7, 11) is 1.49. The third-order valence-corrected chi connectivity index (χ3v) is 2.54. The maximum absolute atomic E-state index is 11.0. The Bertz CT molecular complexity index is 398. The number of aryl methyl sites for hydroxylation is 2. The first kappa shape index (κ1) is 12.5. The molecule has 0 aliphatic rings. The van der Waals surface area contributed by atoms with Gasteiger partial charge in [0.1, 0.15) is 11.7 Å². The molecule has 16 heavy (non-hydrogen) atoms. The van der Waals surface area contributed by atoms with Crippen molar-refractivity contribution in [3.05, 3.63) is 28.8 Å². The van der Waals surface area contributed by atoms with Gasteiger partial charge in [-0.05, 0) is 31.0 Å². The van der Waals surface area contributed by atoms with Gasteiger partial charge in [-0.25, -0.2) is 0 Å². The summed E-state index contributed by atoms with van der Waals surface area (Å²) in [4.78, 5) is 11.0. The van der Waals surface area contributed by atoms with Gasteiger partial charge < -0.3 is 14.9 Å². The van der Waals surface area contributed by atoms with Crippen LogP contribution < -0.4 is 4.74 Å². The smallest absolute Gasteiger partial charge is 0.313 e. The molecule has 0 fully saturated rings. The summed E-state index contributed by atoms with van der Waals surface area (Å²) in [6.07, 6.45) is 0. The van der Waals surface area contributed by atoms with E-state index in [9.17, 15) is 4.79 Å². The number of aliphatic carboxylic acids is 1. The number of methoxy groups -OCH3 is 1. The Kier molecular flexibility index (Phi) is 3.90. The van der Waals surface area contributed by atoms with Gasteiger partial charge in [0.25, 0.3) is 0 Å². The Morgan fingerprint density at radius 2 is 2.06 bits per heavy atom. The molecule has 0 bridgehead atoms. The summed E-state index contributed by atoms with van der Waals surface area (Å²) in [5, 5.41) is 18.2. The van der Waals surface area contributed by atoms with Gasteiger partial charge in [-0.3, -0.25) is 4.79 Å². The van der Waals surface area contributed by atoms with Crippen LogP contribution in [0.2, 0.25) is 0 Å². The zero-order chi connectivity index (χ0) is 12.3. The number of carbonyl (C=O) groups is 1. The van der Waals surface area contributed by atoms with Crippen molar-refractivity contribution in [3.8, 4) is 5.75 Å². The minimum absolute atomic E-state index is 0.435. The molecular formula is C12H16O4. The van der Waals surface area contributed by atoms with Crippen LogP contribution in [0.15, 0.2) is 12.1 Å². The van der Waals surface area contributed by atoms with Crippen molar-refractivity contribution in [1.82, 2.24) is 0 Å². The predicted octanol–water partition coefficient (Wildman–Crippen LogP) is 1.47. The average Bonchev–Trinajstić information content (AvgIpc) is 2.21. The highest BCUT2D eigenvalue weighted by molar-refractivity contribution is 5.78. The summed E-state index contributed by atoms with van der Waals surface area (Å²) < 4.78 is 5.17. The zero-order valence-corrected chi connectivity index (χ0v) is 9.65. The van der Waals surface area contributed by atoms with E-state index in [1.807, 2.05) is 19.9 Å². The molecule has 0 saturated heterocycles. The third-order valence-electron chi connectivity index (χ3n) is 2.54. The highest BCUT2D eigenvalue weighted by Crippen LogP contribution is 2.31. The lowest BCUT2D eigenvalue weighted by Crippen LogP contribution is -2.17. The molecule has 0 saturated carbocycles. The van der Waals surface area contributed by atoms with E-state index in [4.69, 9.17) is 14.9 Å². The van der Waals surface area contributed by atoms with Crippen LogP contribution in [0.3, 0.4) is 0 Å². The van der Waals surface area contributed by atoms with Crippen LogP contribution >= 0.6 is 0 Å². The summed E-state index contributed by atoms with van der Waals surface area (Å²) in [5.74, 6) is -1.47. The van der Waals surface area contributed by atoms with Crippen LogP contribution in [0.25, 0.3) is 0 Å². The number of aliphatic hydroxyl groups excluding tert-OH is 1. The molecule has 0 aliphatic heterocycles.